The second-order valence-corrected chi connectivity index (χ2v) is 8.33. The molecule has 0 fully saturated rings. The molecule has 0 unspecified atom stereocenters. The van der Waals surface area contributed by atoms with Gasteiger partial charge in [-0.1, -0.05) is 36.4 Å². The zero-order valence-corrected chi connectivity index (χ0v) is 20.1. The van der Waals surface area contributed by atoms with Gasteiger partial charge in [-0.3, -0.25) is 0 Å². The number of carbonyl (C=O) groups is 2. The number of benzene rings is 3. The highest BCUT2D eigenvalue weighted by molar-refractivity contribution is 7.25. The van der Waals surface area contributed by atoms with E-state index in [1.165, 1.54) is 46.0 Å². The van der Waals surface area contributed by atoms with Gasteiger partial charge in [-0.05, 0) is 47.5 Å². The first-order valence-electron chi connectivity index (χ1n) is 10.1. The lowest BCUT2D eigenvalue weighted by Crippen LogP contribution is -2.15. The second kappa shape index (κ2) is 11.5. The Morgan fingerprint density at radius 1 is 0.909 bits per heavy atom. The van der Waals surface area contributed by atoms with Crippen molar-refractivity contribution in [3.05, 3.63) is 83.4 Å². The van der Waals surface area contributed by atoms with Crippen molar-refractivity contribution in [2.45, 2.75) is 5.88 Å². The number of hydrogen-bond donors (Lipinski definition) is 1. The molecule has 5 nitrogen and oxygen atoms in total. The fourth-order valence-electron chi connectivity index (χ4n) is 3.19. The van der Waals surface area contributed by atoms with Crippen LogP contribution in [0.1, 0.15) is 11.1 Å². The summed E-state index contributed by atoms with van der Waals surface area (Å²) in [5, 5.41) is 5.64. The van der Waals surface area contributed by atoms with E-state index in [2.05, 4.69) is 57.3 Å². The highest BCUT2D eigenvalue weighted by atomic mass is 35.5. The molecule has 0 amide bonds. The van der Waals surface area contributed by atoms with Gasteiger partial charge in [-0.15, -0.1) is 22.9 Å². The third-order valence-corrected chi connectivity index (χ3v) is 6.38. The average molecular weight is 482 g/mol. The van der Waals surface area contributed by atoms with Gasteiger partial charge in [0.25, 0.3) is 0 Å². The molecule has 0 aliphatic carbocycles. The van der Waals surface area contributed by atoms with Crippen molar-refractivity contribution < 1.29 is 19.1 Å². The Morgan fingerprint density at radius 2 is 1.55 bits per heavy atom. The zero-order valence-electron chi connectivity index (χ0n) is 18.6. The van der Waals surface area contributed by atoms with Gasteiger partial charge in [-0.2, -0.15) is 0 Å². The fourth-order valence-corrected chi connectivity index (χ4v) is 4.44. The molecule has 1 heterocycles. The van der Waals surface area contributed by atoms with Crippen LogP contribution in [0.5, 0.6) is 0 Å². The number of carbonyl (C=O) groups excluding carboxylic acids is 2. The van der Waals surface area contributed by atoms with Crippen LogP contribution in [0.25, 0.3) is 26.2 Å². The van der Waals surface area contributed by atoms with Crippen LogP contribution in [0.3, 0.4) is 0 Å². The van der Waals surface area contributed by atoms with E-state index in [-0.39, 0.29) is 5.57 Å². The number of thiophene rings is 1. The van der Waals surface area contributed by atoms with E-state index in [1.807, 2.05) is 23.5 Å². The van der Waals surface area contributed by atoms with Gasteiger partial charge >= 0.3 is 11.9 Å². The van der Waals surface area contributed by atoms with Gasteiger partial charge in [0.15, 0.2) is 0 Å². The molecule has 4 aromatic rings. The zero-order chi connectivity index (χ0) is 23.8. The molecule has 1 N–H and O–H groups in total. The smallest absolute Gasteiger partial charge is 0.345 e. The summed E-state index contributed by atoms with van der Waals surface area (Å²) in [6.07, 6.45) is 1.43. The number of anilines is 1. The molecule has 0 bridgehead atoms. The molecule has 0 radical (unpaired) electrons. The lowest BCUT2D eigenvalue weighted by Gasteiger charge is -2.04. The summed E-state index contributed by atoms with van der Waals surface area (Å²) in [6.45, 7) is 0. The number of alkyl halides is 1. The van der Waals surface area contributed by atoms with Gasteiger partial charge < -0.3 is 14.8 Å². The normalized spacial score (nSPS) is 10.2. The highest BCUT2D eigenvalue weighted by Gasteiger charge is 2.19. The minimum atomic E-state index is -0.723. The molecule has 33 heavy (non-hydrogen) atoms. The maximum absolute atomic E-state index is 11.4. The van der Waals surface area contributed by atoms with Crippen LogP contribution >= 0.6 is 22.9 Å². The van der Waals surface area contributed by atoms with Gasteiger partial charge in [0.1, 0.15) is 5.57 Å². The number of hydrogen-bond acceptors (Lipinski definition) is 6. The second-order valence-electron chi connectivity index (χ2n) is 6.98. The van der Waals surface area contributed by atoms with E-state index >= 15 is 0 Å². The summed E-state index contributed by atoms with van der Waals surface area (Å²) in [7, 11) is 4.23. The first-order chi connectivity index (χ1) is 16.0. The van der Waals surface area contributed by atoms with Crippen molar-refractivity contribution in [3.63, 3.8) is 0 Å². The number of fused-ring (bicyclic) bond motifs is 3. The summed E-state index contributed by atoms with van der Waals surface area (Å²) in [5.74, 6) is -0.862. The van der Waals surface area contributed by atoms with Crippen LogP contribution < -0.4 is 5.32 Å². The van der Waals surface area contributed by atoms with Crippen LogP contribution in [0.2, 0.25) is 0 Å². The Labute approximate surface area is 201 Å². The number of rotatable bonds is 5. The predicted octanol–water partition coefficient (Wildman–Crippen LogP) is 6.25. The third-order valence-electron chi connectivity index (χ3n) is 4.92. The molecule has 0 spiro atoms. The number of ether oxygens (including phenoxy) is 2. The van der Waals surface area contributed by atoms with Crippen molar-refractivity contribution in [2.24, 2.45) is 0 Å². The predicted molar refractivity (Wildman–Crippen MR) is 137 cm³/mol. The lowest BCUT2D eigenvalue weighted by molar-refractivity contribution is -0.143. The Bertz CT molecular complexity index is 1280. The molecule has 170 valence electrons. The summed E-state index contributed by atoms with van der Waals surface area (Å²) >= 11 is 7.69. The van der Waals surface area contributed by atoms with Crippen LogP contribution in [-0.4, -0.2) is 33.2 Å². The van der Waals surface area contributed by atoms with Crippen LogP contribution in [0, 0.1) is 0 Å². The maximum atomic E-state index is 11.4. The molecule has 0 aliphatic rings. The van der Waals surface area contributed by atoms with Crippen molar-refractivity contribution in [2.75, 3.05) is 26.6 Å². The van der Waals surface area contributed by atoms with Gasteiger partial charge in [-0.25, -0.2) is 9.59 Å². The topological polar surface area (TPSA) is 64.6 Å². The number of halogens is 1. The number of nitrogens with one attached hydrogen (secondary N) is 1. The lowest BCUT2D eigenvalue weighted by atomic mass is 10.1. The molecular weight excluding hydrogens is 458 g/mol. The van der Waals surface area contributed by atoms with E-state index in [4.69, 9.17) is 11.6 Å². The Hall–Kier alpha value is -3.35. The molecule has 1 aromatic heterocycles. The standard InChI is InChI=1S/C13H9ClS.C13H15NO4/c14-8-9-5-6-13-11(7-9)10-3-1-2-4-12(10)15-13;1-14-10-6-4-9(5-7-10)8-11(12(15)17-2)13(16)18-3/h1-7H,8H2;4-8,14H,1-3H3. The van der Waals surface area contributed by atoms with Crippen molar-refractivity contribution in [1.82, 2.24) is 0 Å². The van der Waals surface area contributed by atoms with Gasteiger partial charge in [0, 0.05) is 38.8 Å². The van der Waals surface area contributed by atoms with Crippen molar-refractivity contribution >= 4 is 66.8 Å². The molecule has 0 saturated carbocycles. The minimum Gasteiger partial charge on any atom is -0.465 e. The van der Waals surface area contributed by atoms with E-state index in [9.17, 15) is 9.59 Å². The largest absolute Gasteiger partial charge is 0.465 e. The van der Waals surface area contributed by atoms with Crippen LogP contribution in [0.4, 0.5) is 5.69 Å². The number of methoxy groups -OCH3 is 2. The Morgan fingerprint density at radius 3 is 2.15 bits per heavy atom. The molecular formula is C26H24ClNO4S. The van der Waals surface area contributed by atoms with Gasteiger partial charge in [0.2, 0.25) is 0 Å². The summed E-state index contributed by atoms with van der Waals surface area (Å²) in [6, 6.07) is 22.2. The first kappa shape index (κ1) is 24.3. The first-order valence-corrected chi connectivity index (χ1v) is 11.5. The van der Waals surface area contributed by atoms with Gasteiger partial charge in [0.05, 0.1) is 14.2 Å². The quantitative estimate of drug-likeness (QED) is 0.120. The minimum absolute atomic E-state index is 0.141. The third kappa shape index (κ3) is 5.92. The molecule has 0 saturated heterocycles. The summed E-state index contributed by atoms with van der Waals surface area (Å²) in [5.41, 5.74) is 2.69. The van der Waals surface area contributed by atoms with E-state index in [0.29, 0.717) is 11.4 Å². The molecule has 0 aliphatic heterocycles. The SMILES string of the molecule is CNc1ccc(C=C(C(=O)OC)C(=O)OC)cc1.ClCc1ccc2sc3ccccc3c2c1. The Kier molecular flexibility index (Phi) is 8.46. The molecule has 0 atom stereocenters. The van der Waals surface area contributed by atoms with Crippen LogP contribution in [0.15, 0.2) is 72.3 Å². The maximum Gasteiger partial charge on any atom is 0.345 e. The summed E-state index contributed by atoms with van der Waals surface area (Å²) in [4.78, 5) is 22.9. The molecule has 4 rings (SSSR count). The number of esters is 2. The van der Waals surface area contributed by atoms with E-state index in [1.54, 1.807) is 19.2 Å². The van der Waals surface area contributed by atoms with Crippen LogP contribution in [-0.2, 0) is 24.9 Å². The summed E-state index contributed by atoms with van der Waals surface area (Å²) < 4.78 is 11.7. The average Bonchev–Trinajstić information content (AvgIpc) is 3.25. The molecule has 3 aromatic carbocycles. The molecule has 7 heteroatoms. The van der Waals surface area contributed by atoms with E-state index in [0.717, 1.165) is 5.69 Å². The Balaban J connectivity index is 0.000000188. The van der Waals surface area contributed by atoms with E-state index < -0.39 is 11.9 Å². The van der Waals surface area contributed by atoms with Crippen molar-refractivity contribution in [1.29, 1.82) is 0 Å². The van der Waals surface area contributed by atoms with Crippen molar-refractivity contribution in [3.8, 4) is 0 Å². The monoisotopic (exact) mass is 481 g/mol. The highest BCUT2D eigenvalue weighted by Crippen LogP contribution is 2.34. The fraction of sp³-hybridized carbons (Fsp3) is 0.154.